The van der Waals surface area contributed by atoms with E-state index < -0.39 is 5.97 Å². The quantitative estimate of drug-likeness (QED) is 0.450. The predicted octanol–water partition coefficient (Wildman–Crippen LogP) is 5.03. The molecule has 0 bridgehead atoms. The van der Waals surface area contributed by atoms with Gasteiger partial charge in [0.2, 0.25) is 0 Å². The van der Waals surface area contributed by atoms with Crippen molar-refractivity contribution in [2.45, 2.75) is 20.5 Å². The summed E-state index contributed by atoms with van der Waals surface area (Å²) < 4.78 is 5.88. The number of carbonyl (C=O) groups is 1. The van der Waals surface area contributed by atoms with E-state index in [0.29, 0.717) is 6.61 Å². The molecule has 0 saturated carbocycles. The summed E-state index contributed by atoms with van der Waals surface area (Å²) >= 11 is 0. The minimum absolute atomic E-state index is 0.242. The summed E-state index contributed by atoms with van der Waals surface area (Å²) in [5.41, 5.74) is 8.39. The summed E-state index contributed by atoms with van der Waals surface area (Å²) in [6.45, 7) is 4.69. The largest absolute Gasteiger partial charge is 0.489 e. The number of benzene rings is 3. The third kappa shape index (κ3) is 5.20. The Labute approximate surface area is 164 Å². The number of carboxylic acid groups (broad SMARTS) is 1. The number of hydrogen-bond donors (Lipinski definition) is 2. The zero-order chi connectivity index (χ0) is 19.9. The van der Waals surface area contributed by atoms with E-state index in [-0.39, 0.29) is 5.56 Å². The fourth-order valence-electron chi connectivity index (χ4n) is 2.64. The van der Waals surface area contributed by atoms with Crippen LogP contribution in [0.5, 0.6) is 5.75 Å². The lowest BCUT2D eigenvalue weighted by Crippen LogP contribution is -1.98. The normalized spacial score (nSPS) is 10.8. The molecule has 0 aliphatic heterocycles. The third-order valence-corrected chi connectivity index (χ3v) is 4.32. The van der Waals surface area contributed by atoms with Crippen LogP contribution in [0.2, 0.25) is 0 Å². The Kier molecular flexibility index (Phi) is 6.07. The number of hydrogen-bond acceptors (Lipinski definition) is 4. The van der Waals surface area contributed by atoms with Crippen molar-refractivity contribution in [3.63, 3.8) is 0 Å². The monoisotopic (exact) mass is 374 g/mol. The SMILES string of the molecule is Cc1ccc(C)c(COc2ccc(C=NNc3ccc(C(=O)O)cc3)cc2)c1. The molecule has 3 aromatic carbocycles. The molecule has 0 radical (unpaired) electrons. The van der Waals surface area contributed by atoms with Crippen LogP contribution in [-0.4, -0.2) is 17.3 Å². The summed E-state index contributed by atoms with van der Waals surface area (Å²) in [5, 5.41) is 13.1. The molecule has 0 saturated heterocycles. The Balaban J connectivity index is 1.54. The highest BCUT2D eigenvalue weighted by atomic mass is 16.5. The van der Waals surface area contributed by atoms with Crippen molar-refractivity contribution in [2.24, 2.45) is 5.10 Å². The lowest BCUT2D eigenvalue weighted by molar-refractivity contribution is 0.0697. The molecule has 5 nitrogen and oxygen atoms in total. The number of nitrogens with one attached hydrogen (secondary N) is 1. The molecule has 0 fully saturated rings. The Morgan fingerprint density at radius 3 is 2.43 bits per heavy atom. The van der Waals surface area contributed by atoms with Gasteiger partial charge in [0.15, 0.2) is 0 Å². The molecule has 28 heavy (non-hydrogen) atoms. The van der Waals surface area contributed by atoms with E-state index >= 15 is 0 Å². The van der Waals surface area contributed by atoms with E-state index in [1.54, 1.807) is 18.3 Å². The van der Waals surface area contributed by atoms with Gasteiger partial charge in [0, 0.05) is 0 Å². The van der Waals surface area contributed by atoms with Gasteiger partial charge in [0.25, 0.3) is 0 Å². The van der Waals surface area contributed by atoms with Gasteiger partial charge in [0.1, 0.15) is 12.4 Å². The van der Waals surface area contributed by atoms with Gasteiger partial charge in [-0.2, -0.15) is 5.10 Å². The Morgan fingerprint density at radius 2 is 1.75 bits per heavy atom. The minimum atomic E-state index is -0.949. The van der Waals surface area contributed by atoms with Crippen molar-refractivity contribution in [1.82, 2.24) is 0 Å². The number of ether oxygens (including phenoxy) is 1. The van der Waals surface area contributed by atoms with Crippen LogP contribution in [0.1, 0.15) is 32.6 Å². The topological polar surface area (TPSA) is 70.9 Å². The molecule has 0 aliphatic carbocycles. The second-order valence-corrected chi connectivity index (χ2v) is 6.54. The first-order valence-electron chi connectivity index (χ1n) is 8.93. The molecule has 3 aromatic rings. The van der Waals surface area contributed by atoms with Gasteiger partial charge < -0.3 is 9.84 Å². The highest BCUT2D eigenvalue weighted by Crippen LogP contribution is 2.17. The van der Waals surface area contributed by atoms with E-state index in [9.17, 15) is 4.79 Å². The summed E-state index contributed by atoms with van der Waals surface area (Å²) in [4.78, 5) is 10.8. The van der Waals surface area contributed by atoms with Crippen LogP contribution in [0.15, 0.2) is 71.8 Å². The molecule has 0 aliphatic rings. The first-order chi connectivity index (χ1) is 13.5. The molecular formula is C23H22N2O3. The molecule has 0 amide bonds. The lowest BCUT2D eigenvalue weighted by Gasteiger charge is -2.10. The summed E-state index contributed by atoms with van der Waals surface area (Å²) in [6.07, 6.45) is 1.69. The Morgan fingerprint density at radius 1 is 1.04 bits per heavy atom. The van der Waals surface area contributed by atoms with Crippen LogP contribution in [-0.2, 0) is 6.61 Å². The van der Waals surface area contributed by atoms with Gasteiger partial charge in [-0.15, -0.1) is 0 Å². The van der Waals surface area contributed by atoms with E-state index in [1.807, 2.05) is 24.3 Å². The molecule has 0 atom stereocenters. The molecular weight excluding hydrogens is 352 g/mol. The van der Waals surface area contributed by atoms with Gasteiger partial charge in [0.05, 0.1) is 17.5 Å². The van der Waals surface area contributed by atoms with Crippen molar-refractivity contribution in [3.8, 4) is 5.75 Å². The van der Waals surface area contributed by atoms with Crippen molar-refractivity contribution < 1.29 is 14.6 Å². The van der Waals surface area contributed by atoms with Gasteiger partial charge in [-0.25, -0.2) is 4.79 Å². The van der Waals surface area contributed by atoms with Crippen LogP contribution >= 0.6 is 0 Å². The van der Waals surface area contributed by atoms with Crippen LogP contribution in [0.4, 0.5) is 5.69 Å². The van der Waals surface area contributed by atoms with Crippen LogP contribution in [0.3, 0.4) is 0 Å². The van der Waals surface area contributed by atoms with Crippen molar-refractivity contribution >= 4 is 17.9 Å². The van der Waals surface area contributed by atoms with Crippen LogP contribution in [0.25, 0.3) is 0 Å². The predicted molar refractivity (Wildman–Crippen MR) is 111 cm³/mol. The number of nitrogens with zero attached hydrogens (tertiary/aromatic N) is 1. The van der Waals surface area contributed by atoms with Crippen molar-refractivity contribution in [2.75, 3.05) is 5.43 Å². The molecule has 0 spiro atoms. The number of carboxylic acids is 1. The van der Waals surface area contributed by atoms with Gasteiger partial charge in [-0.05, 0) is 79.1 Å². The number of rotatable bonds is 7. The fourth-order valence-corrected chi connectivity index (χ4v) is 2.64. The van der Waals surface area contributed by atoms with Crippen molar-refractivity contribution in [1.29, 1.82) is 0 Å². The van der Waals surface area contributed by atoms with Gasteiger partial charge in [-0.3, -0.25) is 5.43 Å². The Bertz CT molecular complexity index is 978. The average molecular weight is 374 g/mol. The molecule has 2 N–H and O–H groups in total. The van der Waals surface area contributed by atoms with E-state index in [1.165, 1.54) is 28.8 Å². The van der Waals surface area contributed by atoms with E-state index in [0.717, 1.165) is 17.0 Å². The van der Waals surface area contributed by atoms with Crippen molar-refractivity contribution in [3.05, 3.63) is 94.5 Å². The summed E-state index contributed by atoms with van der Waals surface area (Å²) in [5.74, 6) is -0.148. The van der Waals surface area contributed by atoms with Gasteiger partial charge >= 0.3 is 5.97 Å². The number of aryl methyl sites for hydroxylation is 2. The highest BCUT2D eigenvalue weighted by molar-refractivity contribution is 5.88. The second-order valence-electron chi connectivity index (χ2n) is 6.54. The maximum absolute atomic E-state index is 10.8. The highest BCUT2D eigenvalue weighted by Gasteiger charge is 2.02. The number of anilines is 1. The van der Waals surface area contributed by atoms with Gasteiger partial charge in [-0.1, -0.05) is 23.8 Å². The van der Waals surface area contributed by atoms with Crippen LogP contribution in [0, 0.1) is 13.8 Å². The zero-order valence-corrected chi connectivity index (χ0v) is 15.8. The Hall–Kier alpha value is -3.60. The first-order valence-corrected chi connectivity index (χ1v) is 8.93. The number of aromatic carboxylic acids is 1. The van der Waals surface area contributed by atoms with Crippen LogP contribution < -0.4 is 10.2 Å². The summed E-state index contributed by atoms with van der Waals surface area (Å²) in [7, 11) is 0. The van der Waals surface area contributed by atoms with E-state index in [4.69, 9.17) is 9.84 Å². The third-order valence-electron chi connectivity index (χ3n) is 4.32. The molecule has 0 aromatic heterocycles. The zero-order valence-electron chi connectivity index (χ0n) is 15.8. The lowest BCUT2D eigenvalue weighted by atomic mass is 10.1. The maximum Gasteiger partial charge on any atom is 0.335 e. The first kappa shape index (κ1) is 19.2. The summed E-state index contributed by atoms with van der Waals surface area (Å²) in [6, 6.07) is 20.4. The molecule has 0 heterocycles. The molecule has 5 heteroatoms. The average Bonchev–Trinajstić information content (AvgIpc) is 2.70. The fraction of sp³-hybridized carbons (Fsp3) is 0.130. The minimum Gasteiger partial charge on any atom is -0.489 e. The maximum atomic E-state index is 10.8. The molecule has 0 unspecified atom stereocenters. The molecule has 3 rings (SSSR count). The van der Waals surface area contributed by atoms with E-state index in [2.05, 4.69) is 42.6 Å². The second kappa shape index (κ2) is 8.86. The standard InChI is InChI=1S/C23H22N2O3/c1-16-3-4-17(2)20(13-16)15-28-22-11-5-18(6-12-22)14-24-25-21-9-7-19(8-10-21)23(26)27/h3-14,25H,15H2,1-2H3,(H,26,27). The molecule has 142 valence electrons. The smallest absolute Gasteiger partial charge is 0.335 e. The number of hydrazone groups is 1.